The number of aliphatic hydroxyl groups excluding tert-OH is 1. The standard InChI is InChI=1S/C35H44N2O9/c1-19-16-24-30(39)28(27(31(40)33(24)45-7)23-13-9-8-10-14-23)37-34(41)20(2)12-11-15-25(43-5)32(46-35(36)42)22(4)18-21(3)29(38)26(17-19)44-6/h8-15,18-19,21,25-26,29,32,38H,16-17H2,1-7H3,(H2,36,42)(H,37,41)/b15-11-,20-12+,22-18+/t19-,21+,25+,26+,29-,32+/m1/s1. The van der Waals surface area contributed by atoms with Gasteiger partial charge < -0.3 is 35.1 Å². The predicted molar refractivity (Wildman–Crippen MR) is 172 cm³/mol. The van der Waals surface area contributed by atoms with Crippen molar-refractivity contribution >= 4 is 29.1 Å². The lowest BCUT2D eigenvalue weighted by atomic mass is 9.82. The van der Waals surface area contributed by atoms with E-state index in [-0.39, 0.29) is 40.5 Å². The Hall–Kier alpha value is -4.32. The molecule has 3 rings (SSSR count). The molecule has 2 aliphatic rings. The Balaban J connectivity index is 2.20. The summed E-state index contributed by atoms with van der Waals surface area (Å²) in [5.74, 6) is -2.49. The Morgan fingerprint density at radius 3 is 2.26 bits per heavy atom. The molecule has 0 unspecified atom stereocenters. The van der Waals surface area contributed by atoms with Crippen molar-refractivity contribution in [1.82, 2.24) is 5.32 Å². The number of methoxy groups -OCH3 is 3. The number of hydrogen-bond donors (Lipinski definition) is 3. The van der Waals surface area contributed by atoms with Gasteiger partial charge in [0.2, 0.25) is 11.6 Å². The van der Waals surface area contributed by atoms with Crippen LogP contribution in [0.3, 0.4) is 0 Å². The monoisotopic (exact) mass is 636 g/mol. The first-order valence-electron chi connectivity index (χ1n) is 15.0. The molecule has 0 aromatic heterocycles. The zero-order valence-electron chi connectivity index (χ0n) is 27.4. The molecule has 0 radical (unpaired) electrons. The summed E-state index contributed by atoms with van der Waals surface area (Å²) in [7, 11) is 4.25. The third kappa shape index (κ3) is 8.48. The minimum absolute atomic E-state index is 0.0212. The number of carbonyl (C=O) groups excluding carboxylic acids is 4. The number of nitrogens with two attached hydrogens (primary N) is 1. The number of amides is 2. The molecule has 1 aromatic carbocycles. The van der Waals surface area contributed by atoms with Crippen LogP contribution in [-0.2, 0) is 33.3 Å². The Labute approximate surface area is 269 Å². The van der Waals surface area contributed by atoms with Crippen molar-refractivity contribution in [2.24, 2.45) is 17.6 Å². The number of Topliss-reactive ketones (excluding diaryl/α,β-unsaturated/α-hetero) is 2. The van der Waals surface area contributed by atoms with Crippen molar-refractivity contribution in [3.8, 4) is 0 Å². The van der Waals surface area contributed by atoms with Gasteiger partial charge in [0.15, 0.2) is 11.9 Å². The molecule has 1 aromatic rings. The van der Waals surface area contributed by atoms with Crippen LogP contribution in [0.4, 0.5) is 4.79 Å². The van der Waals surface area contributed by atoms with Crippen molar-refractivity contribution in [1.29, 1.82) is 0 Å². The SMILES string of the molecule is COC1=C2C[C@@H](C)C[C@H](OC)[C@H](O)[C@@H](C)/C=C(\C)[C@H](OC(N)=O)[C@@H](OC)/C=C\C=C(/C)C(=O)NC(=C(c3ccccc3)C1=O)C2=O. The minimum Gasteiger partial charge on any atom is -0.492 e. The van der Waals surface area contributed by atoms with Crippen LogP contribution < -0.4 is 11.1 Å². The molecular formula is C35H44N2O9. The first-order valence-corrected chi connectivity index (χ1v) is 15.0. The van der Waals surface area contributed by atoms with E-state index >= 15 is 0 Å². The van der Waals surface area contributed by atoms with Crippen LogP contribution >= 0.6 is 0 Å². The number of ketones is 2. The molecule has 46 heavy (non-hydrogen) atoms. The second-order valence-corrected chi connectivity index (χ2v) is 11.6. The highest BCUT2D eigenvalue weighted by Crippen LogP contribution is 2.35. The van der Waals surface area contributed by atoms with Crippen LogP contribution in [0.15, 0.2) is 82.8 Å². The Bertz CT molecular complexity index is 1470. The number of carbonyl (C=O) groups is 4. The van der Waals surface area contributed by atoms with E-state index in [1.807, 2.05) is 6.92 Å². The highest BCUT2D eigenvalue weighted by Gasteiger charge is 2.38. The highest BCUT2D eigenvalue weighted by molar-refractivity contribution is 6.39. The van der Waals surface area contributed by atoms with Gasteiger partial charge in [-0.1, -0.05) is 68.5 Å². The molecule has 0 saturated carbocycles. The summed E-state index contributed by atoms with van der Waals surface area (Å²) in [5.41, 5.74) is 6.61. The first-order chi connectivity index (χ1) is 21.8. The number of allylic oxidation sites excluding steroid dienone is 4. The van der Waals surface area contributed by atoms with E-state index < -0.39 is 53.9 Å². The van der Waals surface area contributed by atoms with Crippen molar-refractivity contribution in [3.63, 3.8) is 0 Å². The van der Waals surface area contributed by atoms with Gasteiger partial charge in [-0.25, -0.2) is 4.79 Å². The lowest BCUT2D eigenvalue weighted by molar-refractivity contribution is -0.120. The van der Waals surface area contributed by atoms with Gasteiger partial charge in [-0.3, -0.25) is 14.4 Å². The van der Waals surface area contributed by atoms with E-state index in [0.29, 0.717) is 17.6 Å². The van der Waals surface area contributed by atoms with Crippen molar-refractivity contribution in [3.05, 3.63) is 88.4 Å². The maximum Gasteiger partial charge on any atom is 0.405 e. The number of ether oxygens (including phenoxy) is 4. The molecule has 1 aliphatic heterocycles. The molecule has 6 atom stereocenters. The second-order valence-electron chi connectivity index (χ2n) is 11.6. The van der Waals surface area contributed by atoms with E-state index in [0.717, 1.165) is 0 Å². The fraction of sp³-hybridized carbons (Fsp3) is 0.429. The number of rotatable bonds is 5. The molecular weight excluding hydrogens is 592 g/mol. The minimum atomic E-state index is -1.01. The predicted octanol–water partition coefficient (Wildman–Crippen LogP) is 3.94. The number of primary amides is 1. The number of fused-ring (bicyclic) bond motifs is 2. The fourth-order valence-electron chi connectivity index (χ4n) is 5.73. The number of benzene rings is 1. The average Bonchev–Trinajstić information content (AvgIpc) is 3.02. The van der Waals surface area contributed by atoms with Crippen molar-refractivity contribution in [2.45, 2.75) is 65.0 Å². The summed E-state index contributed by atoms with van der Waals surface area (Å²) in [6, 6.07) is 8.59. The van der Waals surface area contributed by atoms with Gasteiger partial charge in [0.05, 0.1) is 24.9 Å². The third-order valence-electron chi connectivity index (χ3n) is 8.17. The number of hydrogen-bond acceptors (Lipinski definition) is 9. The van der Waals surface area contributed by atoms with Crippen LogP contribution in [0.2, 0.25) is 0 Å². The largest absolute Gasteiger partial charge is 0.492 e. The van der Waals surface area contributed by atoms with Crippen molar-refractivity contribution in [2.75, 3.05) is 21.3 Å². The molecule has 0 spiro atoms. The van der Waals surface area contributed by atoms with Crippen LogP contribution in [0, 0.1) is 11.8 Å². The van der Waals surface area contributed by atoms with E-state index in [1.54, 1.807) is 69.3 Å². The van der Waals surface area contributed by atoms with E-state index in [4.69, 9.17) is 24.7 Å². The van der Waals surface area contributed by atoms with Crippen LogP contribution in [-0.4, -0.2) is 74.4 Å². The van der Waals surface area contributed by atoms with Crippen molar-refractivity contribution < 1.29 is 43.2 Å². The van der Waals surface area contributed by atoms with Gasteiger partial charge in [-0.05, 0) is 43.7 Å². The van der Waals surface area contributed by atoms with Crippen LogP contribution in [0.1, 0.15) is 46.1 Å². The Morgan fingerprint density at radius 1 is 1.00 bits per heavy atom. The average molecular weight is 637 g/mol. The van der Waals surface area contributed by atoms with Gasteiger partial charge in [-0.2, -0.15) is 0 Å². The van der Waals surface area contributed by atoms with Gasteiger partial charge in [0.1, 0.15) is 11.8 Å². The third-order valence-corrected chi connectivity index (χ3v) is 8.17. The smallest absolute Gasteiger partial charge is 0.405 e. The van der Waals surface area contributed by atoms with E-state index in [1.165, 1.54) is 27.4 Å². The summed E-state index contributed by atoms with van der Waals surface area (Å²) < 4.78 is 22.2. The van der Waals surface area contributed by atoms with Gasteiger partial charge in [0.25, 0.3) is 5.91 Å². The Kier molecular flexibility index (Phi) is 12.8. The normalized spacial score (nSPS) is 30.1. The summed E-state index contributed by atoms with van der Waals surface area (Å²) in [6.45, 7) is 6.96. The molecule has 4 N–H and O–H groups in total. The fourth-order valence-corrected chi connectivity index (χ4v) is 5.73. The summed E-state index contributed by atoms with van der Waals surface area (Å²) in [6.07, 6.45) is 2.46. The zero-order valence-corrected chi connectivity index (χ0v) is 27.4. The molecule has 1 aliphatic carbocycles. The number of nitrogens with one attached hydrogen (secondary N) is 1. The molecule has 11 nitrogen and oxygen atoms in total. The molecule has 2 bridgehead atoms. The topological polar surface area (TPSA) is 163 Å². The zero-order chi connectivity index (χ0) is 34.1. The maximum atomic E-state index is 14.1. The summed E-state index contributed by atoms with van der Waals surface area (Å²) >= 11 is 0. The van der Waals surface area contributed by atoms with Gasteiger partial charge in [-0.15, -0.1) is 0 Å². The molecule has 1 heterocycles. The van der Waals surface area contributed by atoms with E-state index in [2.05, 4.69) is 5.32 Å². The van der Waals surface area contributed by atoms with E-state index in [9.17, 15) is 24.3 Å². The van der Waals surface area contributed by atoms with Gasteiger partial charge >= 0.3 is 6.09 Å². The molecule has 11 heteroatoms. The second kappa shape index (κ2) is 16.3. The summed E-state index contributed by atoms with van der Waals surface area (Å²) in [5, 5.41) is 14.0. The lowest BCUT2D eigenvalue weighted by Gasteiger charge is -2.30. The highest BCUT2D eigenvalue weighted by atomic mass is 16.6. The molecule has 248 valence electrons. The molecule has 0 fully saturated rings. The summed E-state index contributed by atoms with van der Waals surface area (Å²) in [4.78, 5) is 53.3. The van der Waals surface area contributed by atoms with Gasteiger partial charge in [0, 0.05) is 31.3 Å². The quantitative estimate of drug-likeness (QED) is 0.321. The molecule has 0 saturated heterocycles. The maximum absolute atomic E-state index is 14.1. The molecule has 2 amide bonds. The Morgan fingerprint density at radius 2 is 1.67 bits per heavy atom. The lowest BCUT2D eigenvalue weighted by Crippen LogP contribution is -2.37. The van der Waals surface area contributed by atoms with Crippen LogP contribution in [0.25, 0.3) is 5.57 Å². The number of aliphatic hydroxyl groups is 1. The first kappa shape index (κ1) is 36.2. The van der Waals surface area contributed by atoms with Crippen LogP contribution in [0.5, 0.6) is 0 Å².